The predicted molar refractivity (Wildman–Crippen MR) is 42.9 cm³/mol. The van der Waals surface area contributed by atoms with E-state index in [4.69, 9.17) is 16.3 Å². The molecule has 1 rings (SSSR count). The molecule has 1 aliphatic heterocycles. The van der Waals surface area contributed by atoms with Gasteiger partial charge in [-0.05, 0) is 6.42 Å². The van der Waals surface area contributed by atoms with Crippen molar-refractivity contribution in [2.75, 3.05) is 6.54 Å². The molecule has 6 nitrogen and oxygen atoms in total. The van der Waals surface area contributed by atoms with Gasteiger partial charge in [0.2, 0.25) is 11.9 Å². The van der Waals surface area contributed by atoms with Crippen molar-refractivity contribution in [1.29, 1.82) is 0 Å². The van der Waals surface area contributed by atoms with E-state index in [1.54, 1.807) is 0 Å². The standard InChI is InChI=1S/C6H12N4O2/c7-5(11)2-1-4-3-9-6(8)10-12-4/h4H,1-3H2,(H2,7,11)(H3,8,9,10). The second-order valence-electron chi connectivity index (χ2n) is 2.57. The first kappa shape index (κ1) is 8.79. The molecular weight excluding hydrogens is 160 g/mol. The number of hydrogen-bond donors (Lipinski definition) is 3. The van der Waals surface area contributed by atoms with Crippen LogP contribution in [0.4, 0.5) is 0 Å². The Bertz CT molecular complexity index is 204. The van der Waals surface area contributed by atoms with E-state index in [-0.39, 0.29) is 18.0 Å². The molecule has 0 bridgehead atoms. The van der Waals surface area contributed by atoms with Crippen molar-refractivity contribution < 1.29 is 9.63 Å². The number of hydroxylamine groups is 1. The Morgan fingerprint density at radius 3 is 3.08 bits per heavy atom. The first-order valence-corrected chi connectivity index (χ1v) is 3.68. The summed E-state index contributed by atoms with van der Waals surface area (Å²) in [5.74, 6) is -0.0635. The van der Waals surface area contributed by atoms with Crippen molar-refractivity contribution >= 4 is 11.9 Å². The number of nitrogens with one attached hydrogen (secondary N) is 1. The molecule has 0 fully saturated rings. The Hall–Kier alpha value is -1.30. The van der Waals surface area contributed by atoms with Gasteiger partial charge in [0.05, 0.1) is 6.54 Å². The Balaban J connectivity index is 2.23. The number of guanidine groups is 1. The average Bonchev–Trinajstić information content (AvgIpc) is 2.03. The quantitative estimate of drug-likeness (QED) is 0.480. The van der Waals surface area contributed by atoms with Crippen molar-refractivity contribution in [3.8, 4) is 0 Å². The SMILES string of the molecule is NC(=O)CCC1CN=C(N)NO1. The van der Waals surface area contributed by atoms with Crippen molar-refractivity contribution in [1.82, 2.24) is 5.48 Å². The van der Waals surface area contributed by atoms with Crippen LogP contribution < -0.4 is 16.9 Å². The maximum Gasteiger partial charge on any atom is 0.217 e. The van der Waals surface area contributed by atoms with Gasteiger partial charge in [0.1, 0.15) is 6.10 Å². The van der Waals surface area contributed by atoms with Crippen LogP contribution in [0.1, 0.15) is 12.8 Å². The molecule has 0 saturated carbocycles. The number of carbonyl (C=O) groups is 1. The summed E-state index contributed by atoms with van der Waals surface area (Å²) < 4.78 is 0. The largest absolute Gasteiger partial charge is 0.370 e. The second kappa shape index (κ2) is 3.91. The number of aliphatic imine (C=N–C) groups is 1. The van der Waals surface area contributed by atoms with Gasteiger partial charge in [-0.2, -0.15) is 0 Å². The summed E-state index contributed by atoms with van der Waals surface area (Å²) in [5.41, 5.74) is 12.7. The smallest absolute Gasteiger partial charge is 0.217 e. The summed E-state index contributed by atoms with van der Waals surface area (Å²) >= 11 is 0. The summed E-state index contributed by atoms with van der Waals surface area (Å²) in [6, 6.07) is 0. The molecule has 0 aliphatic carbocycles. The lowest BCUT2D eigenvalue weighted by Gasteiger charge is -2.19. The van der Waals surface area contributed by atoms with Gasteiger partial charge in [0.15, 0.2) is 0 Å². The van der Waals surface area contributed by atoms with Crippen molar-refractivity contribution in [3.05, 3.63) is 0 Å². The van der Waals surface area contributed by atoms with Gasteiger partial charge in [-0.1, -0.05) is 0 Å². The molecule has 6 heteroatoms. The van der Waals surface area contributed by atoms with Crippen LogP contribution in [0.25, 0.3) is 0 Å². The third-order valence-electron chi connectivity index (χ3n) is 1.51. The van der Waals surface area contributed by atoms with E-state index in [1.165, 1.54) is 0 Å². The molecule has 0 spiro atoms. The predicted octanol–water partition coefficient (Wildman–Crippen LogP) is -1.53. The number of carbonyl (C=O) groups excluding carboxylic acids is 1. The summed E-state index contributed by atoms with van der Waals surface area (Å²) in [4.78, 5) is 19.3. The highest BCUT2D eigenvalue weighted by Gasteiger charge is 2.14. The molecule has 1 atom stereocenters. The van der Waals surface area contributed by atoms with E-state index >= 15 is 0 Å². The Morgan fingerprint density at radius 2 is 2.58 bits per heavy atom. The molecule has 1 heterocycles. The highest BCUT2D eigenvalue weighted by molar-refractivity contribution is 5.77. The molecule has 1 aliphatic rings. The van der Waals surface area contributed by atoms with Gasteiger partial charge in [-0.3, -0.25) is 9.63 Å². The van der Waals surface area contributed by atoms with Gasteiger partial charge in [0, 0.05) is 6.42 Å². The van der Waals surface area contributed by atoms with E-state index in [1.807, 2.05) is 0 Å². The topological polar surface area (TPSA) is 103 Å². The van der Waals surface area contributed by atoms with Crippen LogP contribution in [0.3, 0.4) is 0 Å². The van der Waals surface area contributed by atoms with E-state index in [0.29, 0.717) is 19.4 Å². The first-order valence-electron chi connectivity index (χ1n) is 3.68. The maximum atomic E-state index is 10.4. The monoisotopic (exact) mass is 172 g/mol. The Kier molecular flexibility index (Phi) is 2.87. The van der Waals surface area contributed by atoms with E-state index in [9.17, 15) is 4.79 Å². The summed E-state index contributed by atoms with van der Waals surface area (Å²) in [6.45, 7) is 0.478. The van der Waals surface area contributed by atoms with Crippen molar-refractivity contribution in [2.45, 2.75) is 18.9 Å². The minimum Gasteiger partial charge on any atom is -0.370 e. The molecule has 1 unspecified atom stereocenters. The van der Waals surface area contributed by atoms with Gasteiger partial charge >= 0.3 is 0 Å². The van der Waals surface area contributed by atoms with Gasteiger partial charge in [-0.25, -0.2) is 10.5 Å². The molecule has 68 valence electrons. The number of rotatable bonds is 3. The van der Waals surface area contributed by atoms with E-state index < -0.39 is 0 Å². The van der Waals surface area contributed by atoms with Crippen LogP contribution in [0.2, 0.25) is 0 Å². The number of hydrogen-bond acceptors (Lipinski definition) is 5. The molecule has 0 aromatic rings. The number of nitrogens with two attached hydrogens (primary N) is 2. The first-order chi connectivity index (χ1) is 5.68. The third kappa shape index (κ3) is 2.75. The Morgan fingerprint density at radius 1 is 1.83 bits per heavy atom. The second-order valence-corrected chi connectivity index (χ2v) is 2.57. The molecule has 1 amide bonds. The molecular formula is C6H12N4O2. The molecule has 0 aromatic heterocycles. The summed E-state index contributed by atoms with van der Waals surface area (Å²) in [7, 11) is 0. The normalized spacial score (nSPS) is 22.7. The molecule has 0 aromatic carbocycles. The average molecular weight is 172 g/mol. The fourth-order valence-electron chi connectivity index (χ4n) is 0.867. The molecule has 5 N–H and O–H groups in total. The molecule has 12 heavy (non-hydrogen) atoms. The third-order valence-corrected chi connectivity index (χ3v) is 1.51. The van der Waals surface area contributed by atoms with Crippen molar-refractivity contribution in [2.24, 2.45) is 16.5 Å². The lowest BCUT2D eigenvalue weighted by atomic mass is 10.2. The highest BCUT2D eigenvalue weighted by Crippen LogP contribution is 2.03. The van der Waals surface area contributed by atoms with Gasteiger partial charge < -0.3 is 11.5 Å². The number of nitrogens with zero attached hydrogens (tertiary/aromatic N) is 1. The zero-order valence-electron chi connectivity index (χ0n) is 6.62. The summed E-state index contributed by atoms with van der Waals surface area (Å²) in [5, 5.41) is 0. The lowest BCUT2D eigenvalue weighted by molar-refractivity contribution is -0.119. The summed E-state index contributed by atoms with van der Waals surface area (Å²) in [6.07, 6.45) is 0.769. The number of primary amides is 1. The maximum absolute atomic E-state index is 10.4. The highest BCUT2D eigenvalue weighted by atomic mass is 16.7. The fourth-order valence-corrected chi connectivity index (χ4v) is 0.867. The van der Waals surface area contributed by atoms with Crippen LogP contribution in [-0.2, 0) is 9.63 Å². The minimum atomic E-state index is -0.332. The van der Waals surface area contributed by atoms with Crippen LogP contribution in [-0.4, -0.2) is 24.5 Å². The van der Waals surface area contributed by atoms with Crippen LogP contribution >= 0.6 is 0 Å². The zero-order valence-corrected chi connectivity index (χ0v) is 6.62. The van der Waals surface area contributed by atoms with E-state index in [0.717, 1.165) is 0 Å². The lowest BCUT2D eigenvalue weighted by Crippen LogP contribution is -2.41. The van der Waals surface area contributed by atoms with Crippen LogP contribution in [0.5, 0.6) is 0 Å². The Labute approximate surface area is 69.9 Å². The zero-order chi connectivity index (χ0) is 8.97. The van der Waals surface area contributed by atoms with E-state index in [2.05, 4.69) is 10.5 Å². The minimum absolute atomic E-state index is 0.107. The van der Waals surface area contributed by atoms with Gasteiger partial charge in [-0.15, -0.1) is 0 Å². The van der Waals surface area contributed by atoms with Gasteiger partial charge in [0.25, 0.3) is 0 Å². The van der Waals surface area contributed by atoms with Crippen LogP contribution in [0, 0.1) is 0 Å². The molecule has 0 saturated heterocycles. The number of amides is 1. The van der Waals surface area contributed by atoms with Crippen molar-refractivity contribution in [3.63, 3.8) is 0 Å². The van der Waals surface area contributed by atoms with Crippen LogP contribution in [0.15, 0.2) is 4.99 Å². The molecule has 0 radical (unpaired) electrons. The fraction of sp³-hybridized carbons (Fsp3) is 0.667.